The molecule has 1 aliphatic carbocycles. The zero-order chi connectivity index (χ0) is 12.8. The number of hydrogen-bond acceptors (Lipinski definition) is 3. The number of allylic oxidation sites excluding steroid dienone is 3. The van der Waals surface area contributed by atoms with Gasteiger partial charge in [0.1, 0.15) is 0 Å². The number of carbonyl (C=O) groups excluding carboxylic acids is 1. The number of ether oxygens (including phenoxy) is 1. The van der Waals surface area contributed by atoms with E-state index in [-0.39, 0.29) is 5.97 Å². The topological polar surface area (TPSA) is 26.3 Å². The van der Waals surface area contributed by atoms with E-state index in [1.54, 1.807) is 6.26 Å². The molecule has 3 heteroatoms. The molecule has 1 aliphatic rings. The largest absolute Gasteiger partial charge is 0.463 e. The van der Waals surface area contributed by atoms with E-state index in [0.717, 1.165) is 18.4 Å². The van der Waals surface area contributed by atoms with Gasteiger partial charge in [-0.25, -0.2) is 4.79 Å². The first kappa shape index (κ1) is 17.7. The van der Waals surface area contributed by atoms with Crippen LogP contribution >= 0.6 is 12.6 Å². The van der Waals surface area contributed by atoms with Crippen LogP contribution in [0, 0.1) is 0 Å². The second-order valence-electron chi connectivity index (χ2n) is 3.07. The molecule has 0 aromatic carbocycles. The Morgan fingerprint density at radius 1 is 1.31 bits per heavy atom. The van der Waals surface area contributed by atoms with Crippen molar-refractivity contribution in [1.29, 1.82) is 0 Å². The van der Waals surface area contributed by atoms with E-state index in [0.29, 0.717) is 6.61 Å². The lowest BCUT2D eigenvalue weighted by atomic mass is 10.1. The molecule has 16 heavy (non-hydrogen) atoms. The fourth-order valence-electron chi connectivity index (χ4n) is 0.991. The molecule has 0 saturated heterocycles. The van der Waals surface area contributed by atoms with Crippen molar-refractivity contribution in [3.63, 3.8) is 0 Å². The van der Waals surface area contributed by atoms with Gasteiger partial charge in [-0.15, -0.1) is 0 Å². The highest BCUT2D eigenvalue weighted by atomic mass is 32.1. The maximum Gasteiger partial charge on any atom is 0.333 e. The summed E-state index contributed by atoms with van der Waals surface area (Å²) in [7, 11) is 0. The molecular formula is C13H24O2S. The predicted octanol–water partition coefficient (Wildman–Crippen LogP) is 3.79. The third-order valence-electron chi connectivity index (χ3n) is 1.54. The van der Waals surface area contributed by atoms with Gasteiger partial charge in [-0.05, 0) is 26.0 Å². The van der Waals surface area contributed by atoms with Crippen molar-refractivity contribution in [2.24, 2.45) is 0 Å². The maximum absolute atomic E-state index is 11.1. The zero-order valence-electron chi connectivity index (χ0n) is 10.8. The van der Waals surface area contributed by atoms with Crippen LogP contribution < -0.4 is 0 Å². The lowest BCUT2D eigenvalue weighted by Crippen LogP contribution is -2.08. The smallest absolute Gasteiger partial charge is 0.333 e. The fourth-order valence-corrected chi connectivity index (χ4v) is 0.991. The molecule has 0 fully saturated rings. The number of hydrogen-bond donors (Lipinski definition) is 1. The van der Waals surface area contributed by atoms with Crippen molar-refractivity contribution in [3.05, 3.63) is 23.8 Å². The molecule has 0 amide bonds. The highest BCUT2D eigenvalue weighted by Gasteiger charge is 2.09. The lowest BCUT2D eigenvalue weighted by Gasteiger charge is -2.06. The Bertz CT molecular complexity index is 220. The Labute approximate surface area is 105 Å². The van der Waals surface area contributed by atoms with Crippen molar-refractivity contribution in [2.75, 3.05) is 12.9 Å². The molecule has 0 spiro atoms. The third-order valence-corrected chi connectivity index (χ3v) is 1.54. The van der Waals surface area contributed by atoms with Crippen molar-refractivity contribution in [2.45, 2.75) is 40.0 Å². The summed E-state index contributed by atoms with van der Waals surface area (Å²) in [4.78, 5) is 11.1. The first-order chi connectivity index (χ1) is 7.76. The van der Waals surface area contributed by atoms with Crippen LogP contribution in [-0.2, 0) is 9.53 Å². The summed E-state index contributed by atoms with van der Waals surface area (Å²) in [5.74, 6) is -0.170. The number of thiol groups is 1. The van der Waals surface area contributed by atoms with E-state index in [4.69, 9.17) is 4.74 Å². The van der Waals surface area contributed by atoms with Gasteiger partial charge in [-0.2, -0.15) is 12.6 Å². The van der Waals surface area contributed by atoms with Gasteiger partial charge in [0.25, 0.3) is 0 Å². The van der Waals surface area contributed by atoms with Gasteiger partial charge < -0.3 is 4.74 Å². The fraction of sp³-hybridized carbons (Fsp3) is 0.615. The number of rotatable bonds is 2. The van der Waals surface area contributed by atoms with Crippen molar-refractivity contribution >= 4 is 18.6 Å². The summed E-state index contributed by atoms with van der Waals surface area (Å²) < 4.78 is 4.84. The molecule has 0 bridgehead atoms. The van der Waals surface area contributed by atoms with Crippen LogP contribution in [0.4, 0.5) is 0 Å². The molecule has 0 heterocycles. The van der Waals surface area contributed by atoms with Gasteiger partial charge in [0.05, 0.1) is 6.61 Å². The standard InChI is InChI=1S/C9H12O2.C3H8.CH4S/c1-2-11-9(10)8-6-4-3-5-7-8;1-3-2;1-2/h3-4,7H,2,5-6H2,1H3;3H2,1-2H3;2H,1H3. The van der Waals surface area contributed by atoms with E-state index in [1.807, 2.05) is 25.2 Å². The van der Waals surface area contributed by atoms with E-state index < -0.39 is 0 Å². The first-order valence-corrected chi connectivity index (χ1v) is 6.61. The number of carbonyl (C=O) groups is 1. The van der Waals surface area contributed by atoms with E-state index >= 15 is 0 Å². The molecule has 0 unspecified atom stereocenters. The quantitative estimate of drug-likeness (QED) is 0.454. The Morgan fingerprint density at radius 3 is 2.25 bits per heavy atom. The lowest BCUT2D eigenvalue weighted by molar-refractivity contribution is -0.138. The third kappa shape index (κ3) is 9.84. The van der Waals surface area contributed by atoms with E-state index in [9.17, 15) is 4.79 Å². The van der Waals surface area contributed by atoms with Crippen LogP contribution in [0.15, 0.2) is 23.8 Å². The summed E-state index contributed by atoms with van der Waals surface area (Å²) in [6.07, 6.45) is 10.5. The van der Waals surface area contributed by atoms with Crippen LogP contribution in [0.25, 0.3) is 0 Å². The highest BCUT2D eigenvalue weighted by Crippen LogP contribution is 2.11. The van der Waals surface area contributed by atoms with Gasteiger partial charge in [-0.3, -0.25) is 0 Å². The Morgan fingerprint density at radius 2 is 1.88 bits per heavy atom. The summed E-state index contributed by atoms with van der Waals surface area (Å²) in [6.45, 7) is 6.52. The second kappa shape index (κ2) is 14.3. The monoisotopic (exact) mass is 244 g/mol. The van der Waals surface area contributed by atoms with Gasteiger partial charge in [-0.1, -0.05) is 38.5 Å². The van der Waals surface area contributed by atoms with Gasteiger partial charge in [0.15, 0.2) is 0 Å². The molecule has 0 atom stereocenters. The van der Waals surface area contributed by atoms with Gasteiger partial charge in [0.2, 0.25) is 0 Å². The zero-order valence-corrected chi connectivity index (χ0v) is 11.7. The van der Waals surface area contributed by atoms with Crippen LogP contribution in [0.5, 0.6) is 0 Å². The molecule has 2 nitrogen and oxygen atoms in total. The second-order valence-corrected chi connectivity index (χ2v) is 3.07. The molecule has 0 aromatic rings. The molecule has 0 aliphatic heterocycles. The summed E-state index contributed by atoms with van der Waals surface area (Å²) in [5.41, 5.74) is 0.786. The molecule has 0 N–H and O–H groups in total. The SMILES string of the molecule is CCC.CCOC(=O)C1=CCC=CC1.CS. The van der Waals surface area contributed by atoms with Crippen LogP contribution in [-0.4, -0.2) is 18.8 Å². The van der Waals surface area contributed by atoms with E-state index in [1.165, 1.54) is 6.42 Å². The van der Waals surface area contributed by atoms with Crippen molar-refractivity contribution in [1.82, 2.24) is 0 Å². The van der Waals surface area contributed by atoms with Crippen molar-refractivity contribution < 1.29 is 9.53 Å². The molecule has 0 aromatic heterocycles. The predicted molar refractivity (Wildman–Crippen MR) is 74.0 cm³/mol. The number of esters is 1. The molecule has 0 saturated carbocycles. The first-order valence-electron chi connectivity index (χ1n) is 5.72. The summed E-state index contributed by atoms with van der Waals surface area (Å²) >= 11 is 3.53. The summed E-state index contributed by atoms with van der Waals surface area (Å²) in [5, 5.41) is 0. The Hall–Kier alpha value is -0.700. The van der Waals surface area contributed by atoms with E-state index in [2.05, 4.69) is 26.5 Å². The van der Waals surface area contributed by atoms with Crippen LogP contribution in [0.2, 0.25) is 0 Å². The average molecular weight is 244 g/mol. The minimum atomic E-state index is -0.170. The maximum atomic E-state index is 11.1. The molecule has 0 radical (unpaired) electrons. The van der Waals surface area contributed by atoms with Crippen LogP contribution in [0.1, 0.15) is 40.0 Å². The van der Waals surface area contributed by atoms with Gasteiger partial charge >= 0.3 is 5.97 Å². The van der Waals surface area contributed by atoms with Gasteiger partial charge in [0, 0.05) is 5.57 Å². The van der Waals surface area contributed by atoms with Crippen molar-refractivity contribution in [3.8, 4) is 0 Å². The molecule has 1 rings (SSSR count). The normalized spacial score (nSPS) is 12.4. The minimum Gasteiger partial charge on any atom is -0.463 e. The highest BCUT2D eigenvalue weighted by molar-refractivity contribution is 7.79. The molecular weight excluding hydrogens is 220 g/mol. The Kier molecular flexibility index (Phi) is 15.8. The Balaban J connectivity index is 0. The minimum absolute atomic E-state index is 0.170. The summed E-state index contributed by atoms with van der Waals surface area (Å²) in [6, 6.07) is 0. The average Bonchev–Trinajstić information content (AvgIpc) is 2.34. The molecule has 94 valence electrons. The van der Waals surface area contributed by atoms with Crippen LogP contribution in [0.3, 0.4) is 0 Å².